The van der Waals surface area contributed by atoms with Crippen LogP contribution in [0.5, 0.6) is 0 Å². The third-order valence-corrected chi connectivity index (χ3v) is 3.87. The highest BCUT2D eigenvalue weighted by molar-refractivity contribution is 9.10. The molecule has 8 heteroatoms. The van der Waals surface area contributed by atoms with E-state index in [0.29, 0.717) is 11.5 Å². The number of hydrogen-bond donors (Lipinski definition) is 2. The number of thiocarbonyl (C=S) groups is 1. The SMILES string of the molecule is NC(=S)Nc1cc(-c2ccc(Br)cc2)nn1-c1ccc(F)cc1F. The van der Waals surface area contributed by atoms with Crippen molar-refractivity contribution in [3.8, 4) is 16.9 Å². The normalized spacial score (nSPS) is 10.6. The summed E-state index contributed by atoms with van der Waals surface area (Å²) in [5.74, 6) is -1.03. The molecule has 0 unspecified atom stereocenters. The summed E-state index contributed by atoms with van der Waals surface area (Å²) >= 11 is 8.22. The van der Waals surface area contributed by atoms with Crippen LogP contribution in [0.4, 0.5) is 14.6 Å². The Labute approximate surface area is 150 Å². The van der Waals surface area contributed by atoms with E-state index in [1.54, 1.807) is 6.07 Å². The number of anilines is 1. The molecule has 4 nitrogen and oxygen atoms in total. The lowest BCUT2D eigenvalue weighted by Gasteiger charge is -2.09. The molecule has 0 amide bonds. The Hall–Kier alpha value is -2.32. The Morgan fingerprint density at radius 1 is 1.12 bits per heavy atom. The number of halogens is 3. The standard InChI is InChI=1S/C16H11BrF2N4S/c17-10-3-1-9(2-4-10)13-8-15(21-16(20)24)23(22-13)14-6-5-11(18)7-12(14)19/h1-8H,(H3,20,21,24). The fraction of sp³-hybridized carbons (Fsp3) is 0. The molecule has 0 atom stereocenters. The van der Waals surface area contributed by atoms with Crippen molar-refractivity contribution in [1.82, 2.24) is 9.78 Å². The van der Waals surface area contributed by atoms with Gasteiger partial charge in [0.2, 0.25) is 0 Å². The molecule has 0 saturated carbocycles. The maximum atomic E-state index is 14.1. The second-order valence-corrected chi connectivity index (χ2v) is 6.27. The van der Waals surface area contributed by atoms with Crippen molar-refractivity contribution < 1.29 is 8.78 Å². The first-order valence-electron chi connectivity index (χ1n) is 6.82. The third kappa shape index (κ3) is 3.44. The molecule has 0 aliphatic carbocycles. The van der Waals surface area contributed by atoms with Gasteiger partial charge in [0.15, 0.2) is 10.9 Å². The van der Waals surface area contributed by atoms with Crippen LogP contribution in [0.2, 0.25) is 0 Å². The summed E-state index contributed by atoms with van der Waals surface area (Å²) in [6.07, 6.45) is 0. The van der Waals surface area contributed by atoms with Crippen molar-refractivity contribution in [3.05, 3.63) is 64.6 Å². The van der Waals surface area contributed by atoms with Gasteiger partial charge in [-0.05, 0) is 36.5 Å². The van der Waals surface area contributed by atoms with E-state index in [0.717, 1.165) is 22.2 Å². The average molecular weight is 409 g/mol. The minimum atomic E-state index is -0.744. The van der Waals surface area contributed by atoms with E-state index < -0.39 is 11.6 Å². The highest BCUT2D eigenvalue weighted by Gasteiger charge is 2.15. The van der Waals surface area contributed by atoms with E-state index in [4.69, 9.17) is 18.0 Å². The van der Waals surface area contributed by atoms with E-state index in [9.17, 15) is 8.78 Å². The van der Waals surface area contributed by atoms with E-state index in [-0.39, 0.29) is 10.8 Å². The second-order valence-electron chi connectivity index (χ2n) is 4.92. The first-order chi connectivity index (χ1) is 11.4. The summed E-state index contributed by atoms with van der Waals surface area (Å²) in [4.78, 5) is 0. The second kappa shape index (κ2) is 6.66. The Bertz CT molecular complexity index is 909. The van der Waals surface area contributed by atoms with Crippen molar-refractivity contribution >= 4 is 39.1 Å². The fourth-order valence-electron chi connectivity index (χ4n) is 2.19. The Morgan fingerprint density at radius 2 is 1.83 bits per heavy atom. The summed E-state index contributed by atoms with van der Waals surface area (Å²) in [5.41, 5.74) is 7.02. The molecule has 2 aromatic carbocycles. The molecule has 0 bridgehead atoms. The Balaban J connectivity index is 2.13. The molecule has 0 fully saturated rings. The van der Waals surface area contributed by atoms with E-state index in [1.165, 1.54) is 10.7 Å². The summed E-state index contributed by atoms with van der Waals surface area (Å²) < 4.78 is 29.5. The van der Waals surface area contributed by atoms with Crippen molar-refractivity contribution in [2.24, 2.45) is 5.73 Å². The maximum Gasteiger partial charge on any atom is 0.169 e. The van der Waals surface area contributed by atoms with Gasteiger partial charge in [0.05, 0.1) is 5.69 Å². The van der Waals surface area contributed by atoms with Gasteiger partial charge >= 0.3 is 0 Å². The van der Waals surface area contributed by atoms with E-state index in [2.05, 4.69) is 26.3 Å². The zero-order valence-corrected chi connectivity index (χ0v) is 14.5. The number of aromatic nitrogens is 2. The summed E-state index contributed by atoms with van der Waals surface area (Å²) in [6, 6.07) is 12.4. The first kappa shape index (κ1) is 16.5. The predicted molar refractivity (Wildman–Crippen MR) is 97.0 cm³/mol. The van der Waals surface area contributed by atoms with Crippen molar-refractivity contribution in [1.29, 1.82) is 0 Å². The summed E-state index contributed by atoms with van der Waals surface area (Å²) in [6.45, 7) is 0. The molecule has 0 radical (unpaired) electrons. The van der Waals surface area contributed by atoms with Gasteiger partial charge in [0.25, 0.3) is 0 Å². The maximum absolute atomic E-state index is 14.1. The van der Waals surface area contributed by atoms with Gasteiger partial charge in [0.1, 0.15) is 17.3 Å². The van der Waals surface area contributed by atoms with Gasteiger partial charge in [-0.2, -0.15) is 5.10 Å². The molecule has 3 rings (SSSR count). The lowest BCUT2D eigenvalue weighted by atomic mass is 10.1. The van der Waals surface area contributed by atoms with Gasteiger partial charge in [0, 0.05) is 22.2 Å². The van der Waals surface area contributed by atoms with Crippen LogP contribution in [0, 0.1) is 11.6 Å². The van der Waals surface area contributed by atoms with Crippen molar-refractivity contribution in [2.45, 2.75) is 0 Å². The summed E-state index contributed by atoms with van der Waals surface area (Å²) in [5, 5.41) is 7.16. The first-order valence-corrected chi connectivity index (χ1v) is 8.02. The largest absolute Gasteiger partial charge is 0.376 e. The number of nitrogens with one attached hydrogen (secondary N) is 1. The average Bonchev–Trinajstić information content (AvgIpc) is 2.91. The number of nitrogens with zero attached hydrogens (tertiary/aromatic N) is 2. The third-order valence-electron chi connectivity index (χ3n) is 3.24. The molecule has 0 aliphatic heterocycles. The number of nitrogens with two attached hydrogens (primary N) is 1. The van der Waals surface area contributed by atoms with E-state index >= 15 is 0 Å². The fourth-order valence-corrected chi connectivity index (χ4v) is 2.56. The highest BCUT2D eigenvalue weighted by atomic mass is 79.9. The smallest absolute Gasteiger partial charge is 0.169 e. The predicted octanol–water partition coefficient (Wildman–Crippen LogP) is 4.24. The summed E-state index contributed by atoms with van der Waals surface area (Å²) in [7, 11) is 0. The zero-order valence-electron chi connectivity index (χ0n) is 12.1. The topological polar surface area (TPSA) is 55.9 Å². The quantitative estimate of drug-likeness (QED) is 0.636. The molecule has 3 N–H and O–H groups in total. The van der Waals surface area contributed by atoms with Crippen molar-refractivity contribution in [3.63, 3.8) is 0 Å². The van der Waals surface area contributed by atoms with Crippen LogP contribution in [-0.4, -0.2) is 14.9 Å². The molecule has 0 aliphatic rings. The molecular formula is C16H11BrF2N4S. The van der Waals surface area contributed by atoms with Crippen LogP contribution in [0.15, 0.2) is 53.0 Å². The lowest BCUT2D eigenvalue weighted by Crippen LogP contribution is -2.21. The number of benzene rings is 2. The molecule has 3 aromatic rings. The number of rotatable bonds is 3. The minimum absolute atomic E-state index is 0.0148. The van der Waals surface area contributed by atoms with Gasteiger partial charge in [-0.25, -0.2) is 13.5 Å². The molecule has 0 saturated heterocycles. The number of hydrogen-bond acceptors (Lipinski definition) is 2. The van der Waals surface area contributed by atoms with Gasteiger partial charge in [-0.3, -0.25) is 0 Å². The monoisotopic (exact) mass is 408 g/mol. The Kier molecular flexibility index (Phi) is 4.59. The molecule has 1 aromatic heterocycles. The van der Waals surface area contributed by atoms with Gasteiger partial charge in [-0.15, -0.1) is 0 Å². The molecule has 122 valence electrons. The van der Waals surface area contributed by atoms with Crippen LogP contribution in [0.1, 0.15) is 0 Å². The molecule has 1 heterocycles. The van der Waals surface area contributed by atoms with E-state index in [1.807, 2.05) is 24.3 Å². The van der Waals surface area contributed by atoms with Crippen molar-refractivity contribution in [2.75, 3.05) is 5.32 Å². The molecule has 0 spiro atoms. The highest BCUT2D eigenvalue weighted by Crippen LogP contribution is 2.27. The molecule has 24 heavy (non-hydrogen) atoms. The van der Waals surface area contributed by atoms with Crippen LogP contribution < -0.4 is 11.1 Å². The van der Waals surface area contributed by atoms with Gasteiger partial charge < -0.3 is 11.1 Å². The zero-order chi connectivity index (χ0) is 17.3. The van der Waals surface area contributed by atoms with Crippen LogP contribution >= 0.6 is 28.1 Å². The Morgan fingerprint density at radius 3 is 2.46 bits per heavy atom. The van der Waals surface area contributed by atoms with Gasteiger partial charge in [-0.1, -0.05) is 28.1 Å². The lowest BCUT2D eigenvalue weighted by molar-refractivity contribution is 0.574. The minimum Gasteiger partial charge on any atom is -0.376 e. The van der Waals surface area contributed by atoms with Crippen LogP contribution in [-0.2, 0) is 0 Å². The van der Waals surface area contributed by atoms with Crippen LogP contribution in [0.3, 0.4) is 0 Å². The molecular weight excluding hydrogens is 398 g/mol. The van der Waals surface area contributed by atoms with Crippen LogP contribution in [0.25, 0.3) is 16.9 Å².